The number of benzene rings is 1. The van der Waals surface area contributed by atoms with Gasteiger partial charge in [0, 0.05) is 24.5 Å². The van der Waals surface area contributed by atoms with Gasteiger partial charge in [-0.25, -0.2) is 4.98 Å². The Balaban J connectivity index is 1.48. The molecule has 1 aliphatic heterocycles. The number of ether oxygens (including phenoxy) is 2. The maximum atomic E-state index is 6.09. The fraction of sp³-hybridized carbons (Fsp3) is 0.500. The van der Waals surface area contributed by atoms with Crippen LogP contribution >= 0.6 is 11.3 Å². The maximum absolute atomic E-state index is 6.09. The molecule has 152 valence electrons. The minimum Gasteiger partial charge on any atom is -0.497 e. The Morgan fingerprint density at radius 3 is 2.75 bits per heavy atom. The fourth-order valence-corrected chi connectivity index (χ4v) is 3.96. The number of nitrogens with zero attached hydrogens (tertiary/aromatic N) is 3. The molecule has 2 aromatic rings. The summed E-state index contributed by atoms with van der Waals surface area (Å²) in [5.74, 6) is 2.39. The van der Waals surface area contributed by atoms with Gasteiger partial charge in [-0.05, 0) is 50.9 Å². The first kappa shape index (κ1) is 20.4. The first-order chi connectivity index (χ1) is 13.6. The zero-order chi connectivity index (χ0) is 19.9. The van der Waals surface area contributed by atoms with Crippen molar-refractivity contribution in [1.29, 1.82) is 0 Å². The lowest BCUT2D eigenvalue weighted by Gasteiger charge is -2.30. The molecule has 1 aromatic heterocycles. The Morgan fingerprint density at radius 2 is 2.11 bits per heavy atom. The number of likely N-dealkylation sites (tertiary alicyclic amines) is 1. The summed E-state index contributed by atoms with van der Waals surface area (Å²) < 4.78 is 10.6. The highest BCUT2D eigenvalue weighted by molar-refractivity contribution is 7.09. The smallest absolute Gasteiger partial charge is 0.193 e. The van der Waals surface area contributed by atoms with Crippen LogP contribution in [0.25, 0.3) is 0 Å². The van der Waals surface area contributed by atoms with Gasteiger partial charge in [0.1, 0.15) is 11.5 Å². The number of thiazole rings is 1. The lowest BCUT2D eigenvalue weighted by atomic mass is 9.97. The second-order valence-electron chi connectivity index (χ2n) is 6.99. The molecule has 0 bridgehead atoms. The highest BCUT2D eigenvalue weighted by atomic mass is 32.1. The number of aliphatic imine (C=N–C) groups is 1. The SMILES string of the molecule is COc1ccc(OC)c(NC(N)=NCC2CCN(Cc3csc(C)n3)CC2)c1. The molecule has 0 spiro atoms. The van der Waals surface area contributed by atoms with E-state index in [1.54, 1.807) is 25.6 Å². The van der Waals surface area contributed by atoms with Gasteiger partial charge in [0.05, 0.1) is 30.6 Å². The normalized spacial score (nSPS) is 16.2. The standard InChI is InChI=1S/C20H29N5O2S/c1-14-23-16(13-28-14)12-25-8-6-15(7-9-25)11-22-20(21)24-18-10-17(26-2)4-5-19(18)27-3/h4-5,10,13,15H,6-9,11-12H2,1-3H3,(H3,21,22,24). The third kappa shape index (κ3) is 5.59. The van der Waals surface area contributed by atoms with E-state index < -0.39 is 0 Å². The van der Waals surface area contributed by atoms with Crippen LogP contribution in [0.2, 0.25) is 0 Å². The number of nitrogens with one attached hydrogen (secondary N) is 1. The molecule has 1 fully saturated rings. The van der Waals surface area contributed by atoms with Crippen molar-refractivity contribution in [3.05, 3.63) is 34.3 Å². The second-order valence-corrected chi connectivity index (χ2v) is 8.06. The van der Waals surface area contributed by atoms with E-state index in [-0.39, 0.29) is 0 Å². The zero-order valence-electron chi connectivity index (χ0n) is 16.8. The molecule has 0 aliphatic carbocycles. The molecule has 8 heteroatoms. The molecular formula is C20H29N5O2S. The molecule has 0 radical (unpaired) electrons. The molecule has 3 rings (SSSR count). The number of guanidine groups is 1. The Kier molecular flexibility index (Phi) is 7.11. The third-order valence-corrected chi connectivity index (χ3v) is 5.77. The number of nitrogens with two attached hydrogens (primary N) is 1. The molecule has 0 saturated carbocycles. The topological polar surface area (TPSA) is 85.0 Å². The Hall–Kier alpha value is -2.32. The predicted molar refractivity (Wildman–Crippen MR) is 115 cm³/mol. The first-order valence-electron chi connectivity index (χ1n) is 9.49. The molecule has 0 atom stereocenters. The zero-order valence-corrected chi connectivity index (χ0v) is 17.6. The average molecular weight is 404 g/mol. The van der Waals surface area contributed by atoms with Crippen LogP contribution in [0, 0.1) is 12.8 Å². The molecular weight excluding hydrogens is 374 g/mol. The molecule has 3 N–H and O–H groups in total. The van der Waals surface area contributed by atoms with Crippen molar-refractivity contribution in [2.75, 3.05) is 39.2 Å². The lowest BCUT2D eigenvalue weighted by molar-refractivity contribution is 0.179. The Labute approximate surface area is 170 Å². The van der Waals surface area contributed by atoms with Gasteiger partial charge < -0.3 is 20.5 Å². The van der Waals surface area contributed by atoms with E-state index in [0.29, 0.717) is 17.6 Å². The number of aromatic nitrogens is 1. The van der Waals surface area contributed by atoms with Gasteiger partial charge in [0.15, 0.2) is 5.96 Å². The van der Waals surface area contributed by atoms with E-state index in [2.05, 4.69) is 32.5 Å². The van der Waals surface area contributed by atoms with Crippen LogP contribution < -0.4 is 20.5 Å². The van der Waals surface area contributed by atoms with E-state index in [1.165, 1.54) is 5.69 Å². The summed E-state index contributed by atoms with van der Waals surface area (Å²) in [6.07, 6.45) is 2.25. The molecule has 1 saturated heterocycles. The number of rotatable bonds is 7. The van der Waals surface area contributed by atoms with E-state index in [0.717, 1.165) is 55.5 Å². The van der Waals surface area contributed by atoms with Gasteiger partial charge in [-0.2, -0.15) is 0 Å². The largest absolute Gasteiger partial charge is 0.497 e. The van der Waals surface area contributed by atoms with Crippen LogP contribution in [0.15, 0.2) is 28.6 Å². The summed E-state index contributed by atoms with van der Waals surface area (Å²) in [4.78, 5) is 11.6. The van der Waals surface area contributed by atoms with Crippen molar-refractivity contribution in [2.45, 2.75) is 26.3 Å². The van der Waals surface area contributed by atoms with Crippen LogP contribution in [-0.2, 0) is 6.54 Å². The van der Waals surface area contributed by atoms with Crippen molar-refractivity contribution in [3.8, 4) is 11.5 Å². The summed E-state index contributed by atoms with van der Waals surface area (Å²) in [7, 11) is 3.26. The van der Waals surface area contributed by atoms with Crippen LogP contribution in [0.5, 0.6) is 11.5 Å². The summed E-state index contributed by atoms with van der Waals surface area (Å²) >= 11 is 1.72. The van der Waals surface area contributed by atoms with Crippen LogP contribution in [0.4, 0.5) is 5.69 Å². The van der Waals surface area contributed by atoms with Gasteiger partial charge in [-0.1, -0.05) is 0 Å². The number of aryl methyl sites for hydroxylation is 1. The maximum Gasteiger partial charge on any atom is 0.193 e. The lowest BCUT2D eigenvalue weighted by Crippen LogP contribution is -2.34. The molecule has 2 heterocycles. The van der Waals surface area contributed by atoms with Crippen LogP contribution in [0.3, 0.4) is 0 Å². The number of piperidine rings is 1. The Bertz CT molecular complexity index is 800. The number of hydrogen-bond donors (Lipinski definition) is 2. The second kappa shape index (κ2) is 9.75. The van der Waals surface area contributed by atoms with Gasteiger partial charge in [-0.3, -0.25) is 9.89 Å². The van der Waals surface area contributed by atoms with E-state index in [4.69, 9.17) is 15.2 Å². The minimum absolute atomic E-state index is 0.395. The third-order valence-electron chi connectivity index (χ3n) is 4.95. The average Bonchev–Trinajstić information content (AvgIpc) is 3.12. The molecule has 28 heavy (non-hydrogen) atoms. The molecule has 1 aromatic carbocycles. The van der Waals surface area contributed by atoms with Crippen molar-refractivity contribution >= 4 is 23.0 Å². The van der Waals surface area contributed by atoms with Crippen molar-refractivity contribution in [1.82, 2.24) is 9.88 Å². The van der Waals surface area contributed by atoms with Crippen molar-refractivity contribution in [2.24, 2.45) is 16.6 Å². The van der Waals surface area contributed by atoms with E-state index in [1.807, 2.05) is 18.2 Å². The van der Waals surface area contributed by atoms with Gasteiger partial charge in [0.2, 0.25) is 0 Å². The summed E-state index contributed by atoms with van der Waals surface area (Å²) in [6.45, 7) is 5.88. The number of hydrogen-bond acceptors (Lipinski definition) is 6. The van der Waals surface area contributed by atoms with Crippen LogP contribution in [-0.4, -0.2) is 49.7 Å². The Morgan fingerprint density at radius 1 is 1.32 bits per heavy atom. The van der Waals surface area contributed by atoms with Gasteiger partial charge in [-0.15, -0.1) is 11.3 Å². The van der Waals surface area contributed by atoms with E-state index in [9.17, 15) is 0 Å². The summed E-state index contributed by atoms with van der Waals surface area (Å²) in [6, 6.07) is 5.53. The molecule has 7 nitrogen and oxygen atoms in total. The molecule has 0 amide bonds. The summed E-state index contributed by atoms with van der Waals surface area (Å²) in [5, 5.41) is 6.42. The summed E-state index contributed by atoms with van der Waals surface area (Å²) in [5.41, 5.74) is 8.02. The first-order valence-corrected chi connectivity index (χ1v) is 10.4. The van der Waals surface area contributed by atoms with Gasteiger partial charge >= 0.3 is 0 Å². The van der Waals surface area contributed by atoms with Gasteiger partial charge in [0.25, 0.3) is 0 Å². The van der Waals surface area contributed by atoms with Crippen molar-refractivity contribution in [3.63, 3.8) is 0 Å². The highest BCUT2D eigenvalue weighted by Crippen LogP contribution is 2.28. The fourth-order valence-electron chi connectivity index (χ4n) is 3.35. The van der Waals surface area contributed by atoms with Crippen molar-refractivity contribution < 1.29 is 9.47 Å². The predicted octanol–water partition coefficient (Wildman–Crippen LogP) is 3.11. The molecule has 1 aliphatic rings. The monoisotopic (exact) mass is 403 g/mol. The molecule has 0 unspecified atom stereocenters. The van der Waals surface area contributed by atoms with E-state index >= 15 is 0 Å². The number of anilines is 1. The quantitative estimate of drug-likeness (QED) is 0.546. The van der Waals surface area contributed by atoms with Crippen LogP contribution in [0.1, 0.15) is 23.5 Å². The minimum atomic E-state index is 0.395. The number of methoxy groups -OCH3 is 2. The highest BCUT2D eigenvalue weighted by Gasteiger charge is 2.19.